The minimum atomic E-state index is -3.67. The van der Waals surface area contributed by atoms with E-state index in [4.69, 9.17) is 10.3 Å². The van der Waals surface area contributed by atoms with E-state index in [0.717, 1.165) is 0 Å². The van der Waals surface area contributed by atoms with E-state index in [2.05, 4.69) is 4.74 Å². The summed E-state index contributed by atoms with van der Waals surface area (Å²) in [6.45, 7) is 3.75. The zero-order chi connectivity index (χ0) is 11.1. The second kappa shape index (κ2) is 6.81. The zero-order valence-corrected chi connectivity index (χ0v) is 8.67. The molecule has 0 saturated heterocycles. The maximum atomic E-state index is 10.4. The summed E-state index contributed by atoms with van der Waals surface area (Å²) >= 11 is 0. The summed E-state index contributed by atoms with van der Waals surface area (Å²) in [5, 5.41) is 0. The lowest BCUT2D eigenvalue weighted by molar-refractivity contribution is -0.144. The topological polar surface area (TPSA) is 107 Å². The molecule has 0 fully saturated rings. The van der Waals surface area contributed by atoms with Crippen LogP contribution < -0.4 is 5.73 Å². The van der Waals surface area contributed by atoms with Crippen LogP contribution in [0.15, 0.2) is 0 Å². The van der Waals surface area contributed by atoms with Gasteiger partial charge in [-0.05, 0) is 13.8 Å². The van der Waals surface area contributed by atoms with Crippen LogP contribution in [0.3, 0.4) is 0 Å². The molecule has 0 aromatic rings. The fourth-order valence-corrected chi connectivity index (χ4v) is 0.274. The monoisotopic (exact) mass is 213 g/mol. The Labute approximate surface area is 77.8 Å². The van der Waals surface area contributed by atoms with Gasteiger partial charge in [0.25, 0.3) is 10.1 Å². The van der Waals surface area contributed by atoms with Gasteiger partial charge in [0.2, 0.25) is 0 Å². The average molecular weight is 213 g/mol. The third kappa shape index (κ3) is 24.6. The van der Waals surface area contributed by atoms with Crippen molar-refractivity contribution in [2.75, 3.05) is 12.9 Å². The van der Waals surface area contributed by atoms with Crippen LogP contribution in [-0.2, 0) is 19.6 Å². The molecule has 7 heteroatoms. The first kappa shape index (κ1) is 14.8. The molecule has 0 aliphatic carbocycles. The fourth-order valence-electron chi connectivity index (χ4n) is 0.274. The van der Waals surface area contributed by atoms with E-state index in [1.165, 1.54) is 0 Å². The van der Waals surface area contributed by atoms with E-state index in [-0.39, 0.29) is 5.97 Å². The Morgan fingerprint density at radius 2 is 1.92 bits per heavy atom. The summed E-state index contributed by atoms with van der Waals surface area (Å²) in [5.41, 5.74) is 5.15. The molecule has 0 aromatic heterocycles. The van der Waals surface area contributed by atoms with Gasteiger partial charge in [-0.2, -0.15) is 8.42 Å². The summed E-state index contributed by atoms with van der Waals surface area (Å²) in [7, 11) is -3.67. The molecule has 0 radical (unpaired) electrons. The van der Waals surface area contributed by atoms with Gasteiger partial charge in [0, 0.05) is 0 Å². The molecule has 0 rings (SSSR count). The number of esters is 1. The number of ether oxygens (including phenoxy) is 1. The van der Waals surface area contributed by atoms with Crippen molar-refractivity contribution in [3.63, 3.8) is 0 Å². The molecule has 3 N–H and O–H groups in total. The first-order chi connectivity index (χ1) is 5.68. The molecule has 0 bridgehead atoms. The molecule has 0 aliphatic rings. The molecule has 80 valence electrons. The maximum absolute atomic E-state index is 10.4. The number of carbonyl (C=O) groups excluding carboxylic acids is 1. The van der Waals surface area contributed by atoms with Gasteiger partial charge in [-0.25, -0.2) is 0 Å². The van der Waals surface area contributed by atoms with E-state index in [9.17, 15) is 13.2 Å². The predicted molar refractivity (Wildman–Crippen MR) is 47.8 cm³/mol. The standard InChI is InChI=1S/C5H11NO2.CH4O3S/c1-3-8-5(7)4(2)6;1-5(2,3)4/h4H,3,6H2,1-2H3;1H3,(H,2,3,4)/t4-;/m0./s1. The molecular formula is C6H15NO5S. The van der Waals surface area contributed by atoms with Crippen LogP contribution >= 0.6 is 0 Å². The molecule has 6 nitrogen and oxygen atoms in total. The molecule has 13 heavy (non-hydrogen) atoms. The Hall–Kier alpha value is -0.660. The largest absolute Gasteiger partial charge is 0.465 e. The van der Waals surface area contributed by atoms with E-state index in [1.54, 1.807) is 13.8 Å². The van der Waals surface area contributed by atoms with Crippen LogP contribution in [0.5, 0.6) is 0 Å². The van der Waals surface area contributed by atoms with Crippen molar-refractivity contribution in [3.05, 3.63) is 0 Å². The van der Waals surface area contributed by atoms with Crippen LogP contribution in [0.4, 0.5) is 0 Å². The quantitative estimate of drug-likeness (QED) is 0.468. The highest BCUT2D eigenvalue weighted by Gasteiger charge is 2.05. The number of rotatable bonds is 2. The Morgan fingerprint density at radius 3 is 2.00 bits per heavy atom. The fraction of sp³-hybridized carbons (Fsp3) is 0.833. The summed E-state index contributed by atoms with van der Waals surface area (Å²) < 4.78 is 30.4. The molecule has 0 aromatic carbocycles. The van der Waals surface area contributed by atoms with Gasteiger partial charge in [0.05, 0.1) is 12.9 Å². The number of hydrogen-bond acceptors (Lipinski definition) is 5. The Balaban J connectivity index is 0. The lowest BCUT2D eigenvalue weighted by Gasteiger charge is -2.02. The summed E-state index contributed by atoms with van der Waals surface area (Å²) in [4.78, 5) is 10.4. The maximum Gasteiger partial charge on any atom is 0.322 e. The number of hydrogen-bond donors (Lipinski definition) is 2. The van der Waals surface area contributed by atoms with Crippen LogP contribution in [0.2, 0.25) is 0 Å². The average Bonchev–Trinajstić information content (AvgIpc) is 1.84. The molecule has 0 aliphatic heterocycles. The SMILES string of the molecule is CCOC(=O)[C@H](C)N.CS(=O)(=O)O. The van der Waals surface area contributed by atoms with Gasteiger partial charge in [-0.1, -0.05) is 0 Å². The molecule has 1 atom stereocenters. The minimum absolute atomic E-state index is 0.340. The van der Waals surface area contributed by atoms with Crippen molar-refractivity contribution in [1.82, 2.24) is 0 Å². The van der Waals surface area contributed by atoms with Crippen molar-refractivity contribution in [1.29, 1.82) is 0 Å². The predicted octanol–water partition coefficient (Wildman–Crippen LogP) is -0.599. The molecular weight excluding hydrogens is 198 g/mol. The van der Waals surface area contributed by atoms with Gasteiger partial charge in [-0.15, -0.1) is 0 Å². The van der Waals surface area contributed by atoms with Gasteiger partial charge in [0.1, 0.15) is 6.04 Å². The highest BCUT2D eigenvalue weighted by Crippen LogP contribution is 1.80. The van der Waals surface area contributed by atoms with E-state index < -0.39 is 16.2 Å². The summed E-state index contributed by atoms with van der Waals surface area (Å²) in [5.74, 6) is -0.340. The van der Waals surface area contributed by atoms with Crippen LogP contribution in [0.25, 0.3) is 0 Å². The first-order valence-electron chi connectivity index (χ1n) is 3.53. The highest BCUT2D eigenvalue weighted by molar-refractivity contribution is 7.85. The number of nitrogens with two attached hydrogens (primary N) is 1. The highest BCUT2D eigenvalue weighted by atomic mass is 32.2. The normalized spacial score (nSPS) is 12.4. The van der Waals surface area contributed by atoms with Crippen LogP contribution in [-0.4, -0.2) is 37.8 Å². The van der Waals surface area contributed by atoms with Gasteiger partial charge in [0.15, 0.2) is 0 Å². The Morgan fingerprint density at radius 1 is 1.62 bits per heavy atom. The third-order valence-electron chi connectivity index (χ3n) is 0.658. The van der Waals surface area contributed by atoms with Gasteiger partial charge in [-0.3, -0.25) is 9.35 Å². The van der Waals surface area contributed by atoms with E-state index in [0.29, 0.717) is 12.9 Å². The summed E-state index contributed by atoms with van der Waals surface area (Å²) in [6.07, 6.45) is 0.715. The minimum Gasteiger partial charge on any atom is -0.465 e. The van der Waals surface area contributed by atoms with Crippen molar-refractivity contribution >= 4 is 16.1 Å². The van der Waals surface area contributed by atoms with E-state index in [1.807, 2.05) is 0 Å². The van der Waals surface area contributed by atoms with Crippen LogP contribution in [0.1, 0.15) is 13.8 Å². The molecule has 0 unspecified atom stereocenters. The first-order valence-corrected chi connectivity index (χ1v) is 5.38. The molecule has 0 amide bonds. The van der Waals surface area contributed by atoms with E-state index >= 15 is 0 Å². The third-order valence-corrected chi connectivity index (χ3v) is 0.658. The Kier molecular flexibility index (Phi) is 7.78. The molecule has 0 saturated carbocycles. The van der Waals surface area contributed by atoms with Gasteiger partial charge < -0.3 is 10.5 Å². The lowest BCUT2D eigenvalue weighted by Crippen LogP contribution is -2.28. The summed E-state index contributed by atoms with van der Waals surface area (Å²) in [6, 6.07) is -0.491. The van der Waals surface area contributed by atoms with Crippen LogP contribution in [0, 0.1) is 0 Å². The van der Waals surface area contributed by atoms with Gasteiger partial charge >= 0.3 is 5.97 Å². The number of carbonyl (C=O) groups is 1. The van der Waals surface area contributed by atoms with Crippen molar-refractivity contribution in [3.8, 4) is 0 Å². The smallest absolute Gasteiger partial charge is 0.322 e. The van der Waals surface area contributed by atoms with Crippen molar-refractivity contribution in [2.24, 2.45) is 5.73 Å². The second-order valence-electron chi connectivity index (χ2n) is 2.27. The van der Waals surface area contributed by atoms with Crippen molar-refractivity contribution in [2.45, 2.75) is 19.9 Å². The lowest BCUT2D eigenvalue weighted by atomic mass is 10.4. The molecule has 0 heterocycles. The molecule has 0 spiro atoms. The Bertz CT molecular complexity index is 225. The zero-order valence-electron chi connectivity index (χ0n) is 7.85. The van der Waals surface area contributed by atoms with Crippen molar-refractivity contribution < 1.29 is 22.5 Å². The second-order valence-corrected chi connectivity index (χ2v) is 3.74.